The molecule has 2 fully saturated rings. The van der Waals surface area contributed by atoms with Crippen LogP contribution in [-0.2, 0) is 14.3 Å². The predicted molar refractivity (Wildman–Crippen MR) is 103 cm³/mol. The summed E-state index contributed by atoms with van der Waals surface area (Å²) >= 11 is 1.75. The van der Waals surface area contributed by atoms with Gasteiger partial charge in [-0.05, 0) is 45.8 Å². The van der Waals surface area contributed by atoms with Gasteiger partial charge in [0.15, 0.2) is 0 Å². The number of hydrogen-bond donors (Lipinski definition) is 0. The Balaban J connectivity index is 1.78. The highest BCUT2D eigenvalue weighted by molar-refractivity contribution is 8.00. The molecule has 2 saturated heterocycles. The first-order valence-corrected chi connectivity index (χ1v) is 10.8. The smallest absolute Gasteiger partial charge is 0.235 e. The number of piperidine rings is 1. The predicted octanol–water partition coefficient (Wildman–Crippen LogP) is 2.78. The summed E-state index contributed by atoms with van der Waals surface area (Å²) in [6.07, 6.45) is 4.12. The molecule has 2 rings (SSSR count). The number of carbonyl (C=O) groups is 2. The van der Waals surface area contributed by atoms with Crippen molar-refractivity contribution in [2.24, 2.45) is 5.92 Å². The van der Waals surface area contributed by atoms with Crippen LogP contribution in [0.3, 0.4) is 0 Å². The zero-order valence-corrected chi connectivity index (χ0v) is 17.0. The van der Waals surface area contributed by atoms with Gasteiger partial charge in [0, 0.05) is 32.1 Å². The number of thioether (sulfide) groups is 1. The maximum atomic E-state index is 12.8. The van der Waals surface area contributed by atoms with E-state index in [4.69, 9.17) is 4.74 Å². The lowest BCUT2D eigenvalue weighted by molar-refractivity contribution is -0.150. The maximum absolute atomic E-state index is 12.8. The fourth-order valence-electron chi connectivity index (χ4n) is 3.70. The normalized spacial score (nSPS) is 26.6. The van der Waals surface area contributed by atoms with Crippen molar-refractivity contribution < 1.29 is 14.3 Å². The van der Waals surface area contributed by atoms with Crippen molar-refractivity contribution in [2.45, 2.75) is 70.8 Å². The molecular formula is C19H34N2O3S. The standard InChI is InChI=1S/C19H34N2O3S/c1-5-6-11-25-16(4)18(22)20-9-7-17(8-10-20)19(23)21-12-14(2)24-15(3)13-21/h14-17H,5-13H2,1-4H3. The fraction of sp³-hybridized carbons (Fsp3) is 0.895. The second kappa shape index (κ2) is 9.81. The number of hydrogen-bond acceptors (Lipinski definition) is 4. The summed E-state index contributed by atoms with van der Waals surface area (Å²) in [4.78, 5) is 29.3. The van der Waals surface area contributed by atoms with Crippen molar-refractivity contribution in [3.8, 4) is 0 Å². The van der Waals surface area contributed by atoms with Crippen molar-refractivity contribution in [3.05, 3.63) is 0 Å². The van der Waals surface area contributed by atoms with Crippen LogP contribution in [0.25, 0.3) is 0 Å². The molecule has 2 aliphatic heterocycles. The number of rotatable bonds is 6. The lowest BCUT2D eigenvalue weighted by Crippen LogP contribution is -2.52. The van der Waals surface area contributed by atoms with Crippen molar-refractivity contribution in [3.63, 3.8) is 0 Å². The molecule has 0 N–H and O–H groups in total. The van der Waals surface area contributed by atoms with Crippen molar-refractivity contribution in [2.75, 3.05) is 31.9 Å². The molecular weight excluding hydrogens is 336 g/mol. The Hall–Kier alpha value is -0.750. The van der Waals surface area contributed by atoms with E-state index in [1.54, 1.807) is 11.8 Å². The van der Waals surface area contributed by atoms with E-state index in [9.17, 15) is 9.59 Å². The van der Waals surface area contributed by atoms with Crippen LogP contribution in [0.4, 0.5) is 0 Å². The minimum absolute atomic E-state index is 0.0275. The molecule has 5 nitrogen and oxygen atoms in total. The van der Waals surface area contributed by atoms with E-state index >= 15 is 0 Å². The first kappa shape index (κ1) is 20.6. The average Bonchev–Trinajstić information content (AvgIpc) is 2.60. The molecule has 3 unspecified atom stereocenters. The van der Waals surface area contributed by atoms with Crippen LogP contribution >= 0.6 is 11.8 Å². The van der Waals surface area contributed by atoms with Gasteiger partial charge in [0.1, 0.15) is 0 Å². The molecule has 0 radical (unpaired) electrons. The molecule has 144 valence electrons. The molecule has 2 aliphatic rings. The SMILES string of the molecule is CCCCSC(C)C(=O)N1CCC(C(=O)N2CC(C)OC(C)C2)CC1. The summed E-state index contributed by atoms with van der Waals surface area (Å²) in [7, 11) is 0. The summed E-state index contributed by atoms with van der Waals surface area (Å²) in [5, 5.41) is 0.0275. The Bertz CT molecular complexity index is 442. The number of carbonyl (C=O) groups excluding carboxylic acids is 2. The van der Waals surface area contributed by atoms with E-state index in [1.807, 2.05) is 30.6 Å². The highest BCUT2D eigenvalue weighted by Gasteiger charge is 2.34. The minimum Gasteiger partial charge on any atom is -0.372 e. The zero-order chi connectivity index (χ0) is 18.4. The maximum Gasteiger partial charge on any atom is 0.235 e. The van der Waals surface area contributed by atoms with E-state index in [2.05, 4.69) is 6.92 Å². The molecule has 0 bridgehead atoms. The Labute approximate surface area is 156 Å². The van der Waals surface area contributed by atoms with Gasteiger partial charge in [0.05, 0.1) is 17.5 Å². The average molecular weight is 371 g/mol. The van der Waals surface area contributed by atoms with E-state index < -0.39 is 0 Å². The highest BCUT2D eigenvalue weighted by Crippen LogP contribution is 2.24. The molecule has 0 aromatic heterocycles. The van der Waals surface area contributed by atoms with Crippen molar-refractivity contribution in [1.82, 2.24) is 9.80 Å². The van der Waals surface area contributed by atoms with E-state index in [0.717, 1.165) is 25.0 Å². The zero-order valence-electron chi connectivity index (χ0n) is 16.2. The van der Waals surface area contributed by atoms with Gasteiger partial charge in [-0.1, -0.05) is 13.3 Å². The van der Waals surface area contributed by atoms with Crippen LogP contribution in [0.1, 0.15) is 53.4 Å². The molecule has 0 saturated carbocycles. The van der Waals surface area contributed by atoms with Crippen LogP contribution < -0.4 is 0 Å². The number of likely N-dealkylation sites (tertiary alicyclic amines) is 1. The van der Waals surface area contributed by atoms with Crippen LogP contribution in [0.2, 0.25) is 0 Å². The van der Waals surface area contributed by atoms with Gasteiger partial charge in [-0.3, -0.25) is 9.59 Å². The molecule has 0 aromatic rings. The first-order valence-electron chi connectivity index (χ1n) is 9.77. The first-order chi connectivity index (χ1) is 11.9. The summed E-state index contributed by atoms with van der Waals surface area (Å²) in [6, 6.07) is 0. The number of unbranched alkanes of at least 4 members (excludes halogenated alkanes) is 1. The van der Waals surface area contributed by atoms with Crippen LogP contribution in [0.15, 0.2) is 0 Å². The van der Waals surface area contributed by atoms with Gasteiger partial charge in [-0.2, -0.15) is 0 Å². The molecule has 3 atom stereocenters. The van der Waals surface area contributed by atoms with Gasteiger partial charge < -0.3 is 14.5 Å². The Kier molecular flexibility index (Phi) is 8.07. The monoisotopic (exact) mass is 370 g/mol. The Morgan fingerprint density at radius 1 is 1.12 bits per heavy atom. The molecule has 2 heterocycles. The van der Waals surface area contributed by atoms with E-state index in [0.29, 0.717) is 26.2 Å². The third-order valence-corrected chi connectivity index (χ3v) is 6.33. The van der Waals surface area contributed by atoms with Crippen LogP contribution in [0, 0.1) is 5.92 Å². The van der Waals surface area contributed by atoms with Crippen LogP contribution in [-0.4, -0.2) is 71.0 Å². The molecule has 25 heavy (non-hydrogen) atoms. The van der Waals surface area contributed by atoms with Gasteiger partial charge in [0.2, 0.25) is 11.8 Å². The number of ether oxygens (including phenoxy) is 1. The van der Waals surface area contributed by atoms with E-state index in [1.165, 1.54) is 6.42 Å². The third-order valence-electron chi connectivity index (χ3n) is 5.10. The topological polar surface area (TPSA) is 49.9 Å². The second-order valence-corrected chi connectivity index (χ2v) is 8.92. The highest BCUT2D eigenvalue weighted by atomic mass is 32.2. The lowest BCUT2D eigenvalue weighted by atomic mass is 9.94. The summed E-state index contributed by atoms with van der Waals surface area (Å²) in [6.45, 7) is 11.0. The van der Waals surface area contributed by atoms with Gasteiger partial charge in [0.25, 0.3) is 0 Å². The molecule has 0 aromatic carbocycles. The van der Waals surface area contributed by atoms with Gasteiger partial charge in [-0.15, -0.1) is 11.8 Å². The van der Waals surface area contributed by atoms with Crippen molar-refractivity contribution >= 4 is 23.6 Å². The van der Waals surface area contributed by atoms with Crippen LogP contribution in [0.5, 0.6) is 0 Å². The summed E-state index contributed by atoms with van der Waals surface area (Å²) < 4.78 is 5.72. The summed E-state index contributed by atoms with van der Waals surface area (Å²) in [5.41, 5.74) is 0. The largest absolute Gasteiger partial charge is 0.372 e. The molecule has 2 amide bonds. The van der Waals surface area contributed by atoms with E-state index in [-0.39, 0.29) is 35.2 Å². The quantitative estimate of drug-likeness (QED) is 0.675. The Morgan fingerprint density at radius 2 is 1.72 bits per heavy atom. The number of amides is 2. The summed E-state index contributed by atoms with van der Waals surface area (Å²) in [5.74, 6) is 1.59. The molecule has 0 spiro atoms. The van der Waals surface area contributed by atoms with Gasteiger partial charge in [-0.25, -0.2) is 0 Å². The molecule has 0 aliphatic carbocycles. The minimum atomic E-state index is 0.0275. The molecule has 6 heteroatoms. The third kappa shape index (κ3) is 5.88. The Morgan fingerprint density at radius 3 is 2.28 bits per heavy atom. The number of nitrogens with zero attached hydrogens (tertiary/aromatic N) is 2. The van der Waals surface area contributed by atoms with Crippen molar-refractivity contribution in [1.29, 1.82) is 0 Å². The lowest BCUT2D eigenvalue weighted by Gasteiger charge is -2.39. The van der Waals surface area contributed by atoms with Gasteiger partial charge >= 0.3 is 0 Å². The second-order valence-electron chi connectivity index (χ2n) is 7.47. The number of morpholine rings is 1. The fourth-order valence-corrected chi connectivity index (χ4v) is 4.80.